The molecule has 2 aromatic heterocycles. The lowest BCUT2D eigenvalue weighted by Crippen LogP contribution is -2.40. The van der Waals surface area contributed by atoms with Gasteiger partial charge in [-0.15, -0.1) is 0 Å². The molecule has 1 unspecified atom stereocenters. The van der Waals surface area contributed by atoms with Crippen LogP contribution in [0.2, 0.25) is 0 Å². The van der Waals surface area contributed by atoms with Crippen molar-refractivity contribution in [2.75, 3.05) is 24.5 Å². The van der Waals surface area contributed by atoms with Gasteiger partial charge in [-0.2, -0.15) is 0 Å². The Hall–Kier alpha value is -3.52. The standard InChI is InChI=1S/C26H30FN7/c27-19-5-1-4-18(16-19)23-7-3-13-34(23)24(29)9-10-25-30-17-22(31-25)21-6-2-8-26(32-21)33-14-11-20(28)12-15-33/h1-2,4-6,8-10,16-17,20,23,29H,3,7,11-15,28H2,(H,30,31)/b10-9-,29-24?. The second kappa shape index (κ2) is 9.77. The molecule has 2 aliphatic heterocycles. The van der Waals surface area contributed by atoms with E-state index in [4.69, 9.17) is 16.1 Å². The summed E-state index contributed by atoms with van der Waals surface area (Å²) >= 11 is 0. The monoisotopic (exact) mass is 459 g/mol. The molecule has 0 radical (unpaired) electrons. The van der Waals surface area contributed by atoms with Crippen LogP contribution in [-0.4, -0.2) is 51.4 Å². The number of aromatic nitrogens is 3. The third-order valence-corrected chi connectivity index (χ3v) is 6.66. The molecule has 7 nitrogen and oxygen atoms in total. The van der Waals surface area contributed by atoms with E-state index in [0.717, 1.165) is 68.1 Å². The predicted octanol–water partition coefficient (Wildman–Crippen LogP) is 4.37. The van der Waals surface area contributed by atoms with Crippen LogP contribution in [-0.2, 0) is 0 Å². The fourth-order valence-corrected chi connectivity index (χ4v) is 4.80. The second-order valence-corrected chi connectivity index (χ2v) is 9.01. The number of likely N-dealkylation sites (tertiary alicyclic amines) is 1. The minimum absolute atomic E-state index is 0.0243. The molecular formula is C26H30FN7. The van der Waals surface area contributed by atoms with Crippen LogP contribution in [0.5, 0.6) is 0 Å². The van der Waals surface area contributed by atoms with Gasteiger partial charge in [0.05, 0.1) is 23.6 Å². The summed E-state index contributed by atoms with van der Waals surface area (Å²) < 4.78 is 13.7. The molecule has 0 aliphatic carbocycles. The predicted molar refractivity (Wildman–Crippen MR) is 133 cm³/mol. The van der Waals surface area contributed by atoms with Gasteiger partial charge < -0.3 is 20.5 Å². The number of aromatic amines is 1. The number of H-pyrrole nitrogens is 1. The van der Waals surface area contributed by atoms with Crippen molar-refractivity contribution < 1.29 is 4.39 Å². The normalized spacial score (nSPS) is 19.3. The zero-order valence-corrected chi connectivity index (χ0v) is 19.1. The van der Waals surface area contributed by atoms with Crippen molar-refractivity contribution in [2.24, 2.45) is 5.73 Å². The minimum Gasteiger partial charge on any atom is -0.356 e. The van der Waals surface area contributed by atoms with Gasteiger partial charge in [0.15, 0.2) is 0 Å². The third-order valence-electron chi connectivity index (χ3n) is 6.66. The minimum atomic E-state index is -0.240. The number of hydrogen-bond acceptors (Lipinski definition) is 5. The fourth-order valence-electron chi connectivity index (χ4n) is 4.80. The Morgan fingerprint density at radius 1 is 1.12 bits per heavy atom. The van der Waals surface area contributed by atoms with Crippen molar-refractivity contribution in [3.8, 4) is 11.4 Å². The summed E-state index contributed by atoms with van der Waals surface area (Å²) in [4.78, 5) is 16.9. The van der Waals surface area contributed by atoms with Gasteiger partial charge >= 0.3 is 0 Å². The summed E-state index contributed by atoms with van der Waals surface area (Å²) in [6.07, 6.45) is 9.18. The Morgan fingerprint density at radius 2 is 1.94 bits per heavy atom. The van der Waals surface area contributed by atoms with E-state index >= 15 is 0 Å². The Balaban J connectivity index is 1.27. The number of nitrogens with zero attached hydrogens (tertiary/aromatic N) is 4. The molecular weight excluding hydrogens is 429 g/mol. The molecule has 0 bridgehead atoms. The van der Waals surface area contributed by atoms with Crippen LogP contribution in [0.25, 0.3) is 17.5 Å². The van der Waals surface area contributed by atoms with Gasteiger partial charge in [0.2, 0.25) is 0 Å². The molecule has 2 saturated heterocycles. The molecule has 34 heavy (non-hydrogen) atoms. The Labute approximate surface area is 199 Å². The Bertz CT molecular complexity index is 1180. The number of rotatable bonds is 5. The average molecular weight is 460 g/mol. The first-order valence-electron chi connectivity index (χ1n) is 11.9. The van der Waals surface area contributed by atoms with Crippen molar-refractivity contribution >= 4 is 17.7 Å². The molecule has 3 aromatic rings. The van der Waals surface area contributed by atoms with Gasteiger partial charge in [-0.05, 0) is 67.7 Å². The molecule has 176 valence electrons. The quantitative estimate of drug-likeness (QED) is 0.389. The van der Waals surface area contributed by atoms with Crippen molar-refractivity contribution in [1.82, 2.24) is 19.9 Å². The molecule has 0 saturated carbocycles. The highest BCUT2D eigenvalue weighted by atomic mass is 19.1. The SMILES string of the molecule is N=C(/C=C\c1ncc(-c2cccc(N3CCC(N)CC3)n2)[nH]1)N1CCCC1c1cccc(F)c1. The van der Waals surface area contributed by atoms with Gasteiger partial charge in [0.1, 0.15) is 23.3 Å². The maximum atomic E-state index is 13.7. The topological polar surface area (TPSA) is 97.9 Å². The molecule has 2 aliphatic rings. The van der Waals surface area contributed by atoms with E-state index < -0.39 is 0 Å². The van der Waals surface area contributed by atoms with Crippen LogP contribution in [0.4, 0.5) is 10.2 Å². The lowest BCUT2D eigenvalue weighted by Gasteiger charge is -2.31. The smallest absolute Gasteiger partial charge is 0.130 e. The van der Waals surface area contributed by atoms with Crippen molar-refractivity contribution in [3.63, 3.8) is 0 Å². The third kappa shape index (κ3) is 4.87. The highest BCUT2D eigenvalue weighted by molar-refractivity contribution is 5.94. The molecule has 4 heterocycles. The molecule has 4 N–H and O–H groups in total. The summed E-state index contributed by atoms with van der Waals surface area (Å²) in [5.74, 6) is 1.77. The van der Waals surface area contributed by atoms with E-state index in [1.165, 1.54) is 6.07 Å². The Morgan fingerprint density at radius 3 is 2.76 bits per heavy atom. The molecule has 0 amide bonds. The number of piperidine rings is 1. The number of amidine groups is 1. The second-order valence-electron chi connectivity index (χ2n) is 9.01. The van der Waals surface area contributed by atoms with Gasteiger partial charge in [-0.25, -0.2) is 14.4 Å². The van der Waals surface area contributed by atoms with Crippen molar-refractivity contribution in [3.05, 3.63) is 71.9 Å². The van der Waals surface area contributed by atoms with Crippen LogP contribution in [0, 0.1) is 11.2 Å². The van der Waals surface area contributed by atoms with Crippen molar-refractivity contribution in [2.45, 2.75) is 37.8 Å². The van der Waals surface area contributed by atoms with Crippen molar-refractivity contribution in [1.29, 1.82) is 5.41 Å². The number of anilines is 1. The van der Waals surface area contributed by atoms with E-state index in [-0.39, 0.29) is 17.9 Å². The number of halogens is 1. The van der Waals surface area contributed by atoms with Gasteiger partial charge in [-0.3, -0.25) is 5.41 Å². The first kappa shape index (κ1) is 22.3. The average Bonchev–Trinajstić information content (AvgIpc) is 3.53. The summed E-state index contributed by atoms with van der Waals surface area (Å²) in [5, 5.41) is 8.57. The number of imidazole rings is 1. The molecule has 2 fully saturated rings. The van der Waals surface area contributed by atoms with E-state index in [1.54, 1.807) is 24.4 Å². The van der Waals surface area contributed by atoms with Crippen LogP contribution < -0.4 is 10.6 Å². The van der Waals surface area contributed by atoms with Gasteiger partial charge in [-0.1, -0.05) is 18.2 Å². The number of nitrogens with two attached hydrogens (primary N) is 1. The van der Waals surface area contributed by atoms with Crippen LogP contribution in [0.1, 0.15) is 43.1 Å². The summed E-state index contributed by atoms with van der Waals surface area (Å²) in [5.41, 5.74) is 8.61. The number of benzene rings is 1. The van der Waals surface area contributed by atoms with E-state index in [2.05, 4.69) is 14.9 Å². The first-order valence-corrected chi connectivity index (χ1v) is 11.9. The number of pyridine rings is 1. The van der Waals surface area contributed by atoms with E-state index in [9.17, 15) is 4.39 Å². The van der Waals surface area contributed by atoms with E-state index in [0.29, 0.717) is 11.7 Å². The lowest BCUT2D eigenvalue weighted by molar-refractivity contribution is 0.399. The van der Waals surface area contributed by atoms with Gasteiger partial charge in [0, 0.05) is 25.7 Å². The zero-order chi connectivity index (χ0) is 23.5. The Kier molecular flexibility index (Phi) is 6.40. The van der Waals surface area contributed by atoms with Crippen LogP contribution in [0.3, 0.4) is 0 Å². The van der Waals surface area contributed by atoms with E-state index in [1.807, 2.05) is 35.2 Å². The lowest BCUT2D eigenvalue weighted by atomic mass is 10.0. The summed E-state index contributed by atoms with van der Waals surface area (Å²) in [6, 6.07) is 13.0. The maximum Gasteiger partial charge on any atom is 0.130 e. The molecule has 5 rings (SSSR count). The van der Waals surface area contributed by atoms with Crippen LogP contribution >= 0.6 is 0 Å². The number of hydrogen-bond donors (Lipinski definition) is 3. The molecule has 8 heteroatoms. The van der Waals surface area contributed by atoms with Gasteiger partial charge in [0.25, 0.3) is 0 Å². The summed E-state index contributed by atoms with van der Waals surface area (Å²) in [7, 11) is 0. The number of nitrogens with one attached hydrogen (secondary N) is 2. The highest BCUT2D eigenvalue weighted by Crippen LogP contribution is 2.32. The molecule has 1 aromatic carbocycles. The highest BCUT2D eigenvalue weighted by Gasteiger charge is 2.27. The largest absolute Gasteiger partial charge is 0.356 e. The molecule has 1 atom stereocenters. The van der Waals surface area contributed by atoms with Crippen LogP contribution in [0.15, 0.2) is 54.7 Å². The first-order chi connectivity index (χ1) is 16.6. The molecule has 0 spiro atoms. The summed E-state index contributed by atoms with van der Waals surface area (Å²) in [6.45, 7) is 2.62. The maximum absolute atomic E-state index is 13.7. The zero-order valence-electron chi connectivity index (χ0n) is 19.1. The fraction of sp³-hybridized carbons (Fsp3) is 0.346.